The van der Waals surface area contributed by atoms with Gasteiger partial charge in [0.25, 0.3) is 0 Å². The molecule has 0 saturated heterocycles. The molecule has 5 heteroatoms. The quantitative estimate of drug-likeness (QED) is 0.629. The molecule has 4 nitrogen and oxygen atoms in total. The van der Waals surface area contributed by atoms with Gasteiger partial charge in [-0.05, 0) is 13.8 Å². The lowest BCUT2D eigenvalue weighted by Crippen LogP contribution is -2.49. The number of rotatable bonds is 8. The van der Waals surface area contributed by atoms with E-state index in [-0.39, 0.29) is 5.54 Å². The van der Waals surface area contributed by atoms with Crippen LogP contribution in [0.25, 0.3) is 0 Å². The normalized spacial score (nSPS) is 12.4. The average molecular weight is 221 g/mol. The van der Waals surface area contributed by atoms with Crippen LogP contribution in [0.4, 0.5) is 0 Å². The Morgan fingerprint density at radius 3 is 1.86 bits per heavy atom. The van der Waals surface area contributed by atoms with Crippen LogP contribution in [0, 0.1) is 0 Å². The Hall–Kier alpha value is 0.0569. The molecule has 0 amide bonds. The molecule has 0 heterocycles. The summed E-state index contributed by atoms with van der Waals surface area (Å²) in [5.74, 6) is 0. The summed E-state index contributed by atoms with van der Waals surface area (Å²) in [5.41, 5.74) is 5.69. The zero-order valence-corrected chi connectivity index (χ0v) is 10.7. The van der Waals surface area contributed by atoms with E-state index in [1.165, 1.54) is 0 Å². The average Bonchev–Trinajstić information content (AvgIpc) is 2.14. The zero-order valence-electron chi connectivity index (χ0n) is 9.71. The molecule has 0 aromatic carbocycles. The maximum atomic E-state index is 5.69. The molecule has 14 heavy (non-hydrogen) atoms. The minimum absolute atomic E-state index is 0.272. The van der Waals surface area contributed by atoms with E-state index in [1.54, 1.807) is 0 Å². The van der Waals surface area contributed by atoms with Crippen LogP contribution in [0.2, 0.25) is 5.54 Å². The summed E-state index contributed by atoms with van der Waals surface area (Å²) in [7, 11) is -2.47. The Morgan fingerprint density at radius 1 is 1.07 bits per heavy atom. The van der Waals surface area contributed by atoms with Crippen LogP contribution < -0.4 is 5.73 Å². The molecule has 86 valence electrons. The standard InChI is InChI=1S/C9H23NO3Si/c1-5-11-14(9(3)4,12-6-2)13-8-7-10/h9H,5-8,10H2,1-4H3. The van der Waals surface area contributed by atoms with Crippen LogP contribution in [-0.2, 0) is 13.3 Å². The largest absolute Gasteiger partial charge is 0.503 e. The van der Waals surface area contributed by atoms with E-state index >= 15 is 0 Å². The summed E-state index contributed by atoms with van der Waals surface area (Å²) in [6.45, 7) is 10.3. The highest BCUT2D eigenvalue weighted by molar-refractivity contribution is 6.62. The van der Waals surface area contributed by atoms with Gasteiger partial charge in [0.15, 0.2) is 0 Å². The van der Waals surface area contributed by atoms with Crippen LogP contribution in [-0.4, -0.2) is 35.2 Å². The second-order valence-electron chi connectivity index (χ2n) is 3.26. The van der Waals surface area contributed by atoms with Gasteiger partial charge >= 0.3 is 8.80 Å². The van der Waals surface area contributed by atoms with Crippen molar-refractivity contribution in [3.63, 3.8) is 0 Å². The van der Waals surface area contributed by atoms with E-state index in [4.69, 9.17) is 19.0 Å². The molecule has 0 rings (SSSR count). The summed E-state index contributed by atoms with van der Waals surface area (Å²) in [5, 5.41) is 0. The van der Waals surface area contributed by atoms with Gasteiger partial charge in [-0.2, -0.15) is 0 Å². The zero-order chi connectivity index (χ0) is 11.0. The van der Waals surface area contributed by atoms with Gasteiger partial charge in [-0.1, -0.05) is 13.8 Å². The maximum Gasteiger partial charge on any atom is 0.503 e. The second-order valence-corrected chi connectivity index (χ2v) is 6.49. The van der Waals surface area contributed by atoms with Gasteiger partial charge in [0.1, 0.15) is 0 Å². The molecule has 0 aromatic rings. The SMILES string of the molecule is CCO[Si](OCC)(OCCN)C(C)C. The van der Waals surface area contributed by atoms with Gasteiger partial charge in [0.2, 0.25) is 0 Å². The van der Waals surface area contributed by atoms with Crippen molar-refractivity contribution < 1.29 is 13.3 Å². The molecule has 0 fully saturated rings. The van der Waals surface area contributed by atoms with Crippen LogP contribution in [0.15, 0.2) is 0 Å². The predicted octanol–water partition coefficient (Wildman–Crippen LogP) is 1.38. The number of hydrogen-bond donors (Lipinski definition) is 1. The maximum absolute atomic E-state index is 5.69. The van der Waals surface area contributed by atoms with E-state index in [2.05, 4.69) is 13.8 Å². The van der Waals surface area contributed by atoms with Gasteiger partial charge in [0, 0.05) is 25.3 Å². The molecule has 0 aromatic heterocycles. The molecule has 0 atom stereocenters. The third-order valence-electron chi connectivity index (χ3n) is 1.82. The Kier molecular flexibility index (Phi) is 7.39. The van der Waals surface area contributed by atoms with Gasteiger partial charge < -0.3 is 19.0 Å². The van der Waals surface area contributed by atoms with Crippen LogP contribution in [0.1, 0.15) is 27.7 Å². The molecule has 0 saturated carbocycles. The summed E-state index contributed by atoms with van der Waals surface area (Å²) < 4.78 is 17.0. The molecule has 0 radical (unpaired) electrons. The highest BCUT2D eigenvalue weighted by atomic mass is 28.4. The van der Waals surface area contributed by atoms with Crippen molar-refractivity contribution in [3.05, 3.63) is 0 Å². The fraction of sp³-hybridized carbons (Fsp3) is 1.00. The van der Waals surface area contributed by atoms with E-state index in [0.29, 0.717) is 26.4 Å². The minimum Gasteiger partial charge on any atom is -0.374 e. The van der Waals surface area contributed by atoms with Crippen molar-refractivity contribution in [3.8, 4) is 0 Å². The Labute approximate surface area is 88.1 Å². The fourth-order valence-corrected chi connectivity index (χ4v) is 3.69. The highest BCUT2D eigenvalue weighted by Gasteiger charge is 2.44. The van der Waals surface area contributed by atoms with E-state index in [1.807, 2.05) is 13.8 Å². The summed E-state index contributed by atoms with van der Waals surface area (Å²) >= 11 is 0. The van der Waals surface area contributed by atoms with Crippen molar-refractivity contribution in [2.45, 2.75) is 33.2 Å². The van der Waals surface area contributed by atoms with Crippen molar-refractivity contribution in [2.24, 2.45) is 5.73 Å². The summed E-state index contributed by atoms with van der Waals surface area (Å²) in [6, 6.07) is 0. The highest BCUT2D eigenvalue weighted by Crippen LogP contribution is 2.24. The van der Waals surface area contributed by atoms with Gasteiger partial charge in [-0.15, -0.1) is 0 Å². The molecule has 0 aliphatic heterocycles. The topological polar surface area (TPSA) is 53.7 Å². The van der Waals surface area contributed by atoms with Gasteiger partial charge in [-0.3, -0.25) is 0 Å². The Morgan fingerprint density at radius 2 is 1.57 bits per heavy atom. The molecule has 0 bridgehead atoms. The molecule has 0 aliphatic carbocycles. The molecular weight excluding hydrogens is 198 g/mol. The van der Waals surface area contributed by atoms with Crippen molar-refractivity contribution in [1.82, 2.24) is 0 Å². The third kappa shape index (κ3) is 4.06. The van der Waals surface area contributed by atoms with E-state index in [0.717, 1.165) is 0 Å². The van der Waals surface area contributed by atoms with Crippen LogP contribution >= 0.6 is 0 Å². The number of nitrogens with two attached hydrogens (primary N) is 1. The predicted molar refractivity (Wildman–Crippen MR) is 59.1 cm³/mol. The van der Waals surface area contributed by atoms with Crippen molar-refractivity contribution in [2.75, 3.05) is 26.4 Å². The van der Waals surface area contributed by atoms with Crippen LogP contribution in [0.5, 0.6) is 0 Å². The molecule has 2 N–H and O–H groups in total. The lowest BCUT2D eigenvalue weighted by atomic mass is 10.6. The first kappa shape index (κ1) is 14.1. The first-order valence-corrected chi connectivity index (χ1v) is 7.05. The molecular formula is C9H23NO3Si. The summed E-state index contributed by atoms with van der Waals surface area (Å²) in [4.78, 5) is 0. The third-order valence-corrected chi connectivity index (χ3v) is 5.22. The number of hydrogen-bond acceptors (Lipinski definition) is 4. The molecule has 0 aliphatic rings. The second kappa shape index (κ2) is 7.36. The molecule has 0 spiro atoms. The van der Waals surface area contributed by atoms with E-state index in [9.17, 15) is 0 Å². The monoisotopic (exact) mass is 221 g/mol. The smallest absolute Gasteiger partial charge is 0.374 e. The summed E-state index contributed by atoms with van der Waals surface area (Å²) in [6.07, 6.45) is 0. The lowest BCUT2D eigenvalue weighted by Gasteiger charge is -2.31. The Balaban J connectivity index is 4.38. The lowest BCUT2D eigenvalue weighted by molar-refractivity contribution is 0.0623. The van der Waals surface area contributed by atoms with Crippen molar-refractivity contribution >= 4 is 8.80 Å². The van der Waals surface area contributed by atoms with Gasteiger partial charge in [-0.25, -0.2) is 0 Å². The first-order chi connectivity index (χ1) is 6.63. The van der Waals surface area contributed by atoms with Crippen LogP contribution in [0.3, 0.4) is 0 Å². The minimum atomic E-state index is -2.47. The molecule has 0 unspecified atom stereocenters. The van der Waals surface area contributed by atoms with E-state index < -0.39 is 8.80 Å². The first-order valence-electron chi connectivity index (χ1n) is 5.24. The Bertz CT molecular complexity index is 138. The van der Waals surface area contributed by atoms with Crippen molar-refractivity contribution in [1.29, 1.82) is 0 Å². The fourth-order valence-electron chi connectivity index (χ4n) is 1.23. The van der Waals surface area contributed by atoms with Gasteiger partial charge in [0.05, 0.1) is 6.61 Å².